The molecule has 6 heteroatoms. The van der Waals surface area contributed by atoms with Crippen LogP contribution in [0.4, 0.5) is 0 Å². The van der Waals surface area contributed by atoms with Crippen molar-refractivity contribution in [2.24, 2.45) is 0 Å². The van der Waals surface area contributed by atoms with Crippen LogP contribution < -0.4 is 0 Å². The minimum atomic E-state index is -3.48. The molecule has 0 spiro atoms. The fourth-order valence-electron chi connectivity index (χ4n) is 1.17. The number of carbonyl (C=O) groups excluding carboxylic acids is 1. The molecule has 5 nitrogen and oxygen atoms in total. The van der Waals surface area contributed by atoms with Crippen molar-refractivity contribution in [3.8, 4) is 0 Å². The largest absolute Gasteiger partial charge is 0.468 e. The van der Waals surface area contributed by atoms with Crippen LogP contribution in [0.3, 0.4) is 0 Å². The fourth-order valence-corrected chi connectivity index (χ4v) is 3.04. The van der Waals surface area contributed by atoms with Gasteiger partial charge in [0.25, 0.3) is 0 Å². The molecule has 0 aliphatic carbocycles. The van der Waals surface area contributed by atoms with E-state index in [1.807, 2.05) is 0 Å². The number of hydrogen-bond acceptors (Lipinski definition) is 5. The third-order valence-corrected chi connectivity index (χ3v) is 4.08. The van der Waals surface area contributed by atoms with Gasteiger partial charge in [-0.05, 0) is 20.8 Å². The standard InChI is InChI=1S/C10H19O5P/c1-5-8-9(10(11)13-4)16(12,14-6-2)15-7-3/h5,8-9H,6-7H2,1-4H3. The Morgan fingerprint density at radius 2 is 1.81 bits per heavy atom. The van der Waals surface area contributed by atoms with Crippen LogP contribution in [0.5, 0.6) is 0 Å². The van der Waals surface area contributed by atoms with Crippen LogP contribution in [0.2, 0.25) is 0 Å². The highest BCUT2D eigenvalue weighted by molar-refractivity contribution is 7.56. The molecule has 1 unspecified atom stereocenters. The van der Waals surface area contributed by atoms with Crippen molar-refractivity contribution >= 4 is 13.6 Å². The molecule has 0 saturated heterocycles. The van der Waals surface area contributed by atoms with Crippen LogP contribution in [-0.2, 0) is 23.1 Å². The fraction of sp³-hybridized carbons (Fsp3) is 0.700. The molecule has 0 aromatic carbocycles. The highest BCUT2D eigenvalue weighted by Gasteiger charge is 2.39. The van der Waals surface area contributed by atoms with Crippen molar-refractivity contribution in [3.05, 3.63) is 12.2 Å². The third-order valence-electron chi connectivity index (χ3n) is 1.78. The van der Waals surface area contributed by atoms with Gasteiger partial charge >= 0.3 is 13.6 Å². The normalized spacial score (nSPS) is 14.0. The van der Waals surface area contributed by atoms with Crippen LogP contribution >= 0.6 is 7.60 Å². The van der Waals surface area contributed by atoms with E-state index in [1.54, 1.807) is 26.8 Å². The summed E-state index contributed by atoms with van der Waals surface area (Å²) in [5, 5.41) is 0. The third kappa shape index (κ3) is 4.08. The summed E-state index contributed by atoms with van der Waals surface area (Å²) in [5.41, 5.74) is -0.998. The van der Waals surface area contributed by atoms with Gasteiger partial charge in [-0.1, -0.05) is 12.2 Å². The first-order valence-electron chi connectivity index (χ1n) is 5.15. The minimum Gasteiger partial charge on any atom is -0.468 e. The van der Waals surface area contributed by atoms with Crippen LogP contribution in [-0.4, -0.2) is 32.0 Å². The zero-order valence-electron chi connectivity index (χ0n) is 10.1. The van der Waals surface area contributed by atoms with Crippen LogP contribution in [0.25, 0.3) is 0 Å². The lowest BCUT2D eigenvalue weighted by atomic mass is 10.4. The molecule has 0 amide bonds. The number of ether oxygens (including phenoxy) is 1. The summed E-state index contributed by atoms with van der Waals surface area (Å²) in [7, 11) is -2.24. The Bertz CT molecular complexity index is 277. The molecule has 0 heterocycles. The molecule has 0 fully saturated rings. The Kier molecular flexibility index (Phi) is 7.30. The summed E-state index contributed by atoms with van der Waals surface area (Å²) in [6.45, 7) is 5.52. The summed E-state index contributed by atoms with van der Waals surface area (Å²) < 4.78 is 27.1. The number of hydrogen-bond donors (Lipinski definition) is 0. The van der Waals surface area contributed by atoms with Crippen molar-refractivity contribution in [1.29, 1.82) is 0 Å². The maximum atomic E-state index is 12.3. The predicted molar refractivity (Wildman–Crippen MR) is 61.5 cm³/mol. The van der Waals surface area contributed by atoms with E-state index in [0.29, 0.717) is 0 Å². The topological polar surface area (TPSA) is 61.8 Å². The van der Waals surface area contributed by atoms with E-state index >= 15 is 0 Å². The summed E-state index contributed by atoms with van der Waals surface area (Å²) in [6.07, 6.45) is 3.09. The number of esters is 1. The second-order valence-electron chi connectivity index (χ2n) is 2.87. The number of carbonyl (C=O) groups is 1. The predicted octanol–water partition coefficient (Wildman–Crippen LogP) is 2.37. The lowest BCUT2D eigenvalue weighted by Gasteiger charge is -2.22. The molecular weight excluding hydrogens is 231 g/mol. The lowest BCUT2D eigenvalue weighted by Crippen LogP contribution is -2.23. The van der Waals surface area contributed by atoms with Gasteiger partial charge in [0.15, 0.2) is 5.66 Å². The lowest BCUT2D eigenvalue weighted by molar-refractivity contribution is -0.139. The second-order valence-corrected chi connectivity index (χ2v) is 5.02. The smallest absolute Gasteiger partial charge is 0.348 e. The van der Waals surface area contributed by atoms with Gasteiger partial charge in [0.05, 0.1) is 20.3 Å². The zero-order valence-corrected chi connectivity index (χ0v) is 11.0. The highest BCUT2D eigenvalue weighted by Crippen LogP contribution is 2.53. The molecule has 0 N–H and O–H groups in total. The molecule has 0 saturated carbocycles. The van der Waals surface area contributed by atoms with E-state index in [0.717, 1.165) is 0 Å². The molecule has 0 aromatic rings. The van der Waals surface area contributed by atoms with Crippen LogP contribution in [0, 0.1) is 0 Å². The molecule has 0 rings (SSSR count). The van der Waals surface area contributed by atoms with Gasteiger partial charge in [-0.25, -0.2) is 0 Å². The first-order valence-corrected chi connectivity index (χ1v) is 6.76. The molecule has 16 heavy (non-hydrogen) atoms. The van der Waals surface area contributed by atoms with Crippen molar-refractivity contribution in [1.82, 2.24) is 0 Å². The van der Waals surface area contributed by atoms with Crippen molar-refractivity contribution in [2.45, 2.75) is 26.4 Å². The molecular formula is C10H19O5P. The van der Waals surface area contributed by atoms with E-state index in [4.69, 9.17) is 9.05 Å². The summed E-state index contributed by atoms with van der Waals surface area (Å²) in [4.78, 5) is 11.5. The van der Waals surface area contributed by atoms with Gasteiger partial charge in [0.2, 0.25) is 0 Å². The van der Waals surface area contributed by atoms with E-state index in [9.17, 15) is 9.36 Å². The zero-order chi connectivity index (χ0) is 12.6. The molecule has 0 aliphatic rings. The molecule has 1 atom stereocenters. The Balaban J connectivity index is 5.08. The molecule has 94 valence electrons. The van der Waals surface area contributed by atoms with Crippen LogP contribution in [0.15, 0.2) is 12.2 Å². The first-order chi connectivity index (χ1) is 7.55. The maximum absolute atomic E-state index is 12.3. The summed E-state index contributed by atoms with van der Waals surface area (Å²) in [5.74, 6) is -0.622. The molecule has 0 aromatic heterocycles. The van der Waals surface area contributed by atoms with E-state index in [-0.39, 0.29) is 13.2 Å². The molecule has 0 radical (unpaired) electrons. The van der Waals surface area contributed by atoms with Gasteiger partial charge < -0.3 is 13.8 Å². The first kappa shape index (κ1) is 15.4. The summed E-state index contributed by atoms with van der Waals surface area (Å²) in [6, 6.07) is 0. The van der Waals surface area contributed by atoms with Gasteiger partial charge in [-0.3, -0.25) is 9.36 Å². The molecule has 0 aliphatic heterocycles. The summed E-state index contributed by atoms with van der Waals surface area (Å²) >= 11 is 0. The average molecular weight is 250 g/mol. The maximum Gasteiger partial charge on any atom is 0.348 e. The Morgan fingerprint density at radius 1 is 1.31 bits per heavy atom. The second kappa shape index (κ2) is 7.60. The van der Waals surface area contributed by atoms with Gasteiger partial charge in [-0.15, -0.1) is 0 Å². The minimum absolute atomic E-state index is 0.211. The number of rotatable bonds is 7. The number of methoxy groups -OCH3 is 1. The van der Waals surface area contributed by atoms with E-state index in [2.05, 4.69) is 4.74 Å². The van der Waals surface area contributed by atoms with Crippen molar-refractivity contribution in [3.63, 3.8) is 0 Å². The Morgan fingerprint density at radius 3 is 2.12 bits per heavy atom. The average Bonchev–Trinajstić information content (AvgIpc) is 2.25. The SMILES string of the molecule is CC=CC(C(=O)OC)P(=O)(OCC)OCC. The Labute approximate surface area is 96.3 Å². The number of allylic oxidation sites excluding steroid dienone is 1. The van der Waals surface area contributed by atoms with Gasteiger partial charge in [0.1, 0.15) is 0 Å². The van der Waals surface area contributed by atoms with E-state index < -0.39 is 19.2 Å². The van der Waals surface area contributed by atoms with Gasteiger partial charge in [-0.2, -0.15) is 0 Å². The highest BCUT2D eigenvalue weighted by atomic mass is 31.2. The monoisotopic (exact) mass is 250 g/mol. The van der Waals surface area contributed by atoms with Crippen molar-refractivity contribution < 1.29 is 23.1 Å². The van der Waals surface area contributed by atoms with E-state index in [1.165, 1.54) is 13.2 Å². The van der Waals surface area contributed by atoms with Crippen LogP contribution in [0.1, 0.15) is 20.8 Å². The van der Waals surface area contributed by atoms with Gasteiger partial charge in [0, 0.05) is 0 Å². The van der Waals surface area contributed by atoms with Crippen molar-refractivity contribution in [2.75, 3.05) is 20.3 Å². The molecule has 0 bridgehead atoms. The Hall–Kier alpha value is -0.640. The quantitative estimate of drug-likeness (QED) is 0.394.